The highest BCUT2D eigenvalue weighted by molar-refractivity contribution is 5.99. The molecule has 0 saturated carbocycles. The van der Waals surface area contributed by atoms with Crippen molar-refractivity contribution in [3.8, 4) is 11.3 Å². The lowest BCUT2D eigenvalue weighted by molar-refractivity contribution is -0.119. The van der Waals surface area contributed by atoms with Crippen molar-refractivity contribution in [3.63, 3.8) is 0 Å². The second-order valence-corrected chi connectivity index (χ2v) is 8.84. The smallest absolute Gasteiger partial charge is 0.354 e. The monoisotopic (exact) mass is 472 g/mol. The maximum Gasteiger partial charge on any atom is 0.354 e. The Morgan fingerprint density at radius 1 is 0.943 bits per heavy atom. The van der Waals surface area contributed by atoms with E-state index in [4.69, 9.17) is 5.11 Å². The Kier molecular flexibility index (Phi) is 7.10. The highest BCUT2D eigenvalue weighted by Gasteiger charge is 2.34. The Morgan fingerprint density at radius 3 is 2.26 bits per heavy atom. The number of rotatable bonds is 6. The molecule has 8 heteroatoms. The standard InChI is InChI=1S/C27H28N4O4/c1-17(2)18-8-12-21(13-9-18)29-27(35)31-16-4-7-24(31)25(32)28-20-14-10-19(11-15-20)22-5-3-6-23(30-22)26(33)34/h3,5-6,8-15,17,24H,4,7,16H2,1-2H3,(H,28,32)(H,29,35)(H,33,34). The Morgan fingerprint density at radius 2 is 1.60 bits per heavy atom. The number of benzene rings is 2. The number of likely N-dealkylation sites (tertiary alicyclic amines) is 1. The molecule has 8 nitrogen and oxygen atoms in total. The fourth-order valence-corrected chi connectivity index (χ4v) is 4.09. The highest BCUT2D eigenvalue weighted by atomic mass is 16.4. The van der Waals surface area contributed by atoms with Crippen molar-refractivity contribution in [3.05, 3.63) is 78.0 Å². The fourth-order valence-electron chi connectivity index (χ4n) is 4.09. The fraction of sp³-hybridized carbons (Fsp3) is 0.259. The number of amides is 3. The normalized spacial score (nSPS) is 15.2. The van der Waals surface area contributed by atoms with Gasteiger partial charge < -0.3 is 20.6 Å². The minimum Gasteiger partial charge on any atom is -0.477 e. The summed E-state index contributed by atoms with van der Waals surface area (Å²) in [6.45, 7) is 4.74. The molecule has 2 heterocycles. The first-order valence-corrected chi connectivity index (χ1v) is 11.6. The molecular formula is C27H28N4O4. The first-order chi connectivity index (χ1) is 16.8. The van der Waals surface area contributed by atoms with Gasteiger partial charge in [0.25, 0.3) is 0 Å². The van der Waals surface area contributed by atoms with E-state index in [-0.39, 0.29) is 17.6 Å². The molecule has 180 valence electrons. The molecule has 1 unspecified atom stereocenters. The van der Waals surface area contributed by atoms with Crippen LogP contribution in [0.4, 0.5) is 16.2 Å². The van der Waals surface area contributed by atoms with Crippen LogP contribution >= 0.6 is 0 Å². The van der Waals surface area contributed by atoms with Gasteiger partial charge >= 0.3 is 12.0 Å². The Hall–Kier alpha value is -4.20. The van der Waals surface area contributed by atoms with Gasteiger partial charge in [0.05, 0.1) is 5.69 Å². The molecule has 0 bridgehead atoms. The molecule has 0 aliphatic carbocycles. The topological polar surface area (TPSA) is 112 Å². The maximum atomic E-state index is 13.0. The third-order valence-corrected chi connectivity index (χ3v) is 6.06. The van der Waals surface area contributed by atoms with Gasteiger partial charge in [0.1, 0.15) is 11.7 Å². The van der Waals surface area contributed by atoms with E-state index in [0.29, 0.717) is 36.0 Å². The zero-order chi connectivity index (χ0) is 24.9. The van der Waals surface area contributed by atoms with E-state index >= 15 is 0 Å². The van der Waals surface area contributed by atoms with E-state index in [2.05, 4.69) is 29.5 Å². The number of anilines is 2. The van der Waals surface area contributed by atoms with Gasteiger partial charge in [0.15, 0.2) is 0 Å². The van der Waals surface area contributed by atoms with Crippen molar-refractivity contribution < 1.29 is 19.5 Å². The molecule has 1 aliphatic rings. The van der Waals surface area contributed by atoms with Crippen LogP contribution < -0.4 is 10.6 Å². The minimum absolute atomic E-state index is 0.0321. The van der Waals surface area contributed by atoms with E-state index in [9.17, 15) is 14.4 Å². The van der Waals surface area contributed by atoms with Gasteiger partial charge in [-0.15, -0.1) is 0 Å². The SMILES string of the molecule is CC(C)c1ccc(NC(=O)N2CCCC2C(=O)Nc2ccc(-c3cccc(C(=O)O)n3)cc2)cc1. The molecule has 0 spiro atoms. The maximum absolute atomic E-state index is 13.0. The number of carboxylic acids is 1. The predicted molar refractivity (Wildman–Crippen MR) is 135 cm³/mol. The summed E-state index contributed by atoms with van der Waals surface area (Å²) in [5, 5.41) is 14.9. The van der Waals surface area contributed by atoms with E-state index in [0.717, 1.165) is 12.0 Å². The molecule has 1 atom stereocenters. The lowest BCUT2D eigenvalue weighted by Gasteiger charge is -2.24. The first-order valence-electron chi connectivity index (χ1n) is 11.6. The first kappa shape index (κ1) is 23.9. The number of nitrogens with one attached hydrogen (secondary N) is 2. The number of aromatic carboxylic acids is 1. The summed E-state index contributed by atoms with van der Waals surface area (Å²) >= 11 is 0. The van der Waals surface area contributed by atoms with E-state index in [1.54, 1.807) is 41.3 Å². The van der Waals surface area contributed by atoms with Gasteiger partial charge in [-0.2, -0.15) is 0 Å². The highest BCUT2D eigenvalue weighted by Crippen LogP contribution is 2.24. The summed E-state index contributed by atoms with van der Waals surface area (Å²) in [5.74, 6) is -0.924. The molecule has 0 radical (unpaired) electrons. The van der Waals surface area contributed by atoms with Crippen molar-refractivity contribution in [1.82, 2.24) is 9.88 Å². The van der Waals surface area contributed by atoms with Crippen molar-refractivity contribution in [2.45, 2.75) is 38.6 Å². The molecule has 3 aromatic rings. The van der Waals surface area contributed by atoms with Crippen LogP contribution in [0, 0.1) is 0 Å². The molecular weight excluding hydrogens is 444 g/mol. The van der Waals surface area contributed by atoms with Crippen molar-refractivity contribution >= 4 is 29.3 Å². The number of aromatic nitrogens is 1. The molecule has 35 heavy (non-hydrogen) atoms. The number of carboxylic acid groups (broad SMARTS) is 1. The summed E-state index contributed by atoms with van der Waals surface area (Å²) in [7, 11) is 0. The van der Waals surface area contributed by atoms with Gasteiger partial charge in [0.2, 0.25) is 5.91 Å². The summed E-state index contributed by atoms with van der Waals surface area (Å²) in [4.78, 5) is 42.7. The number of carbonyl (C=O) groups excluding carboxylic acids is 2. The van der Waals surface area contributed by atoms with Crippen molar-refractivity contribution in [2.24, 2.45) is 0 Å². The Labute approximate surface area is 204 Å². The van der Waals surface area contributed by atoms with E-state index in [1.807, 2.05) is 24.3 Å². The predicted octanol–water partition coefficient (Wildman–Crippen LogP) is 5.21. The van der Waals surface area contributed by atoms with Crippen LogP contribution in [0.3, 0.4) is 0 Å². The lowest BCUT2D eigenvalue weighted by atomic mass is 10.0. The summed E-state index contributed by atoms with van der Waals surface area (Å²) < 4.78 is 0. The molecule has 1 fully saturated rings. The van der Waals surface area contributed by atoms with Crippen LogP contribution in [-0.4, -0.2) is 45.5 Å². The zero-order valence-electron chi connectivity index (χ0n) is 19.7. The third-order valence-electron chi connectivity index (χ3n) is 6.06. The number of urea groups is 1. The summed E-state index contributed by atoms with van der Waals surface area (Å²) in [6.07, 6.45) is 1.35. The largest absolute Gasteiger partial charge is 0.477 e. The van der Waals surface area contributed by atoms with Crippen LogP contribution in [-0.2, 0) is 4.79 Å². The molecule has 2 aromatic carbocycles. The molecule has 1 aliphatic heterocycles. The van der Waals surface area contributed by atoms with Gasteiger partial charge in [-0.25, -0.2) is 14.6 Å². The third kappa shape index (κ3) is 5.66. The molecule has 3 amide bonds. The number of carbonyl (C=O) groups is 3. The summed E-state index contributed by atoms with van der Waals surface area (Å²) in [5.41, 5.74) is 3.71. The van der Waals surface area contributed by atoms with Crippen molar-refractivity contribution in [2.75, 3.05) is 17.2 Å². The number of hydrogen-bond donors (Lipinski definition) is 3. The second kappa shape index (κ2) is 10.4. The molecule has 1 saturated heterocycles. The van der Waals surface area contributed by atoms with Crippen LogP contribution in [0.5, 0.6) is 0 Å². The minimum atomic E-state index is -1.09. The lowest BCUT2D eigenvalue weighted by Crippen LogP contribution is -2.45. The van der Waals surface area contributed by atoms with Crippen LogP contribution in [0.2, 0.25) is 0 Å². The average Bonchev–Trinajstić information content (AvgIpc) is 3.35. The van der Waals surface area contributed by atoms with Crippen LogP contribution in [0.25, 0.3) is 11.3 Å². The molecule has 1 aromatic heterocycles. The molecule has 3 N–H and O–H groups in total. The van der Waals surface area contributed by atoms with Gasteiger partial charge in [-0.3, -0.25) is 4.79 Å². The number of hydrogen-bond acceptors (Lipinski definition) is 4. The quantitative estimate of drug-likeness (QED) is 0.456. The Bertz CT molecular complexity index is 1220. The number of pyridine rings is 1. The molecule has 4 rings (SSSR count). The van der Waals surface area contributed by atoms with Crippen LogP contribution in [0.1, 0.15) is 48.7 Å². The second-order valence-electron chi connectivity index (χ2n) is 8.84. The average molecular weight is 473 g/mol. The van der Waals surface area contributed by atoms with E-state index < -0.39 is 12.0 Å². The Balaban J connectivity index is 1.39. The number of nitrogens with zero attached hydrogens (tertiary/aromatic N) is 2. The van der Waals surface area contributed by atoms with Gasteiger partial charge in [-0.05, 0) is 60.7 Å². The van der Waals surface area contributed by atoms with Gasteiger partial charge in [-0.1, -0.05) is 44.2 Å². The summed E-state index contributed by atoms with van der Waals surface area (Å²) in [6, 6.07) is 18.7. The van der Waals surface area contributed by atoms with Gasteiger partial charge in [0, 0.05) is 23.5 Å². The van der Waals surface area contributed by atoms with E-state index in [1.165, 1.54) is 11.6 Å². The van der Waals surface area contributed by atoms with Crippen LogP contribution in [0.15, 0.2) is 66.7 Å². The zero-order valence-corrected chi connectivity index (χ0v) is 19.7. The van der Waals surface area contributed by atoms with Crippen molar-refractivity contribution in [1.29, 1.82) is 0 Å².